The Balaban J connectivity index is 1.68. The van der Waals surface area contributed by atoms with Gasteiger partial charge in [-0.05, 0) is 73.4 Å². The number of ether oxygens (including phenoxy) is 2. The van der Waals surface area contributed by atoms with Gasteiger partial charge in [0, 0.05) is 17.5 Å². The minimum Gasteiger partial charge on any atom is -0.481 e. The van der Waals surface area contributed by atoms with Gasteiger partial charge in [0.2, 0.25) is 0 Å². The van der Waals surface area contributed by atoms with Crippen LogP contribution < -0.4 is 0 Å². The smallest absolute Gasteiger partial charge is 0.305 e. The molecule has 1 aliphatic heterocycles. The van der Waals surface area contributed by atoms with Crippen LogP contribution in [-0.4, -0.2) is 34.1 Å². The van der Waals surface area contributed by atoms with Crippen molar-refractivity contribution in [1.82, 2.24) is 4.98 Å². The SMILES string of the molecule is CC(C)c1nc2c(c(-c3ccc(F)cc3)c1/C=C/[C@@H]1C[C@H](CC(=O)O)OC(C)(C)O1)CCCc1ccccc1-2. The van der Waals surface area contributed by atoms with E-state index in [0.29, 0.717) is 6.42 Å². The van der Waals surface area contributed by atoms with Gasteiger partial charge in [0.05, 0.1) is 30.0 Å². The lowest BCUT2D eigenvalue weighted by Crippen LogP contribution is -2.44. The number of carboxylic acid groups (broad SMARTS) is 1. The Labute approximate surface area is 229 Å². The molecule has 0 bridgehead atoms. The van der Waals surface area contributed by atoms with E-state index in [1.54, 1.807) is 0 Å². The van der Waals surface area contributed by atoms with E-state index in [1.807, 2.05) is 32.1 Å². The Kier molecular flexibility index (Phi) is 7.70. The summed E-state index contributed by atoms with van der Waals surface area (Å²) in [5.74, 6) is -1.93. The summed E-state index contributed by atoms with van der Waals surface area (Å²) in [5, 5.41) is 9.34. The van der Waals surface area contributed by atoms with Crippen molar-refractivity contribution in [2.24, 2.45) is 0 Å². The number of pyridine rings is 1. The first-order chi connectivity index (χ1) is 18.6. The van der Waals surface area contributed by atoms with Gasteiger partial charge in [0.15, 0.2) is 5.79 Å². The van der Waals surface area contributed by atoms with E-state index < -0.39 is 17.9 Å². The largest absolute Gasteiger partial charge is 0.481 e. The van der Waals surface area contributed by atoms with Gasteiger partial charge in [0.25, 0.3) is 0 Å². The molecular weight excluding hydrogens is 493 g/mol. The third-order valence-electron chi connectivity index (χ3n) is 7.45. The summed E-state index contributed by atoms with van der Waals surface area (Å²) in [6, 6.07) is 15.2. The number of halogens is 1. The average Bonchev–Trinajstić information content (AvgIpc) is 3.05. The molecule has 39 heavy (non-hydrogen) atoms. The van der Waals surface area contributed by atoms with Crippen molar-refractivity contribution >= 4 is 12.0 Å². The van der Waals surface area contributed by atoms with Crippen LogP contribution in [0.2, 0.25) is 0 Å². The van der Waals surface area contributed by atoms with Crippen molar-refractivity contribution in [2.75, 3.05) is 0 Å². The van der Waals surface area contributed by atoms with Crippen LogP contribution in [0.3, 0.4) is 0 Å². The number of aromatic nitrogens is 1. The van der Waals surface area contributed by atoms with Crippen LogP contribution in [0.4, 0.5) is 4.39 Å². The highest BCUT2D eigenvalue weighted by molar-refractivity contribution is 5.85. The summed E-state index contributed by atoms with van der Waals surface area (Å²) >= 11 is 0. The van der Waals surface area contributed by atoms with Crippen molar-refractivity contribution in [3.05, 3.63) is 82.8 Å². The molecule has 5 rings (SSSR count). The van der Waals surface area contributed by atoms with E-state index in [4.69, 9.17) is 14.5 Å². The Hall–Kier alpha value is -3.35. The van der Waals surface area contributed by atoms with Gasteiger partial charge < -0.3 is 14.6 Å². The first-order valence-corrected chi connectivity index (χ1v) is 13.8. The van der Waals surface area contributed by atoms with Gasteiger partial charge in [-0.15, -0.1) is 0 Å². The van der Waals surface area contributed by atoms with Crippen molar-refractivity contribution in [3.8, 4) is 22.4 Å². The Bertz CT molecular complexity index is 1390. The lowest BCUT2D eigenvalue weighted by molar-refractivity contribution is -0.290. The molecule has 2 heterocycles. The number of carboxylic acids is 1. The Morgan fingerprint density at radius 2 is 1.87 bits per heavy atom. The van der Waals surface area contributed by atoms with Crippen molar-refractivity contribution in [2.45, 2.75) is 83.7 Å². The maximum atomic E-state index is 14.0. The molecule has 3 aromatic rings. The van der Waals surface area contributed by atoms with Gasteiger partial charge in [-0.2, -0.15) is 0 Å². The van der Waals surface area contributed by atoms with Gasteiger partial charge in [-0.3, -0.25) is 9.78 Å². The molecule has 0 spiro atoms. The van der Waals surface area contributed by atoms with E-state index in [1.165, 1.54) is 23.3 Å². The highest BCUT2D eigenvalue weighted by Gasteiger charge is 2.35. The summed E-state index contributed by atoms with van der Waals surface area (Å²) < 4.78 is 26.1. The molecule has 1 aliphatic carbocycles. The second kappa shape index (κ2) is 11.0. The number of aryl methyl sites for hydroxylation is 1. The summed E-state index contributed by atoms with van der Waals surface area (Å²) in [7, 11) is 0. The zero-order valence-electron chi connectivity index (χ0n) is 23.0. The van der Waals surface area contributed by atoms with E-state index in [2.05, 4.69) is 44.2 Å². The lowest BCUT2D eigenvalue weighted by atomic mass is 9.86. The number of hydrogen-bond acceptors (Lipinski definition) is 4. The number of fused-ring (bicyclic) bond motifs is 3. The Morgan fingerprint density at radius 3 is 2.59 bits per heavy atom. The van der Waals surface area contributed by atoms with Crippen LogP contribution in [0.15, 0.2) is 54.6 Å². The fourth-order valence-corrected chi connectivity index (χ4v) is 5.89. The maximum absolute atomic E-state index is 14.0. The molecule has 1 saturated heterocycles. The second-order valence-corrected chi connectivity index (χ2v) is 11.3. The third kappa shape index (κ3) is 5.97. The highest BCUT2D eigenvalue weighted by atomic mass is 19.1. The van der Waals surface area contributed by atoms with Gasteiger partial charge in [0.1, 0.15) is 5.82 Å². The number of benzene rings is 2. The van der Waals surface area contributed by atoms with Gasteiger partial charge in [-0.25, -0.2) is 4.39 Å². The normalized spacial score (nSPS) is 20.5. The molecule has 1 aromatic heterocycles. The van der Waals surface area contributed by atoms with E-state index in [9.17, 15) is 14.3 Å². The van der Waals surface area contributed by atoms with Crippen LogP contribution in [0, 0.1) is 5.82 Å². The molecule has 0 unspecified atom stereocenters. The summed E-state index contributed by atoms with van der Waals surface area (Å²) in [6.07, 6.45) is 6.53. The molecule has 1 fully saturated rings. The molecule has 0 saturated carbocycles. The number of rotatable bonds is 6. The predicted molar refractivity (Wildman–Crippen MR) is 151 cm³/mol. The number of carbonyl (C=O) groups is 1. The quantitative estimate of drug-likeness (QED) is 0.357. The zero-order valence-corrected chi connectivity index (χ0v) is 23.0. The minimum atomic E-state index is -0.899. The first-order valence-electron chi connectivity index (χ1n) is 13.8. The molecule has 204 valence electrons. The number of nitrogens with zero attached hydrogens (tertiary/aromatic N) is 1. The molecule has 1 N–H and O–H groups in total. The minimum absolute atomic E-state index is 0.0744. The Morgan fingerprint density at radius 1 is 1.13 bits per heavy atom. The van der Waals surface area contributed by atoms with Crippen molar-refractivity contribution in [3.63, 3.8) is 0 Å². The molecule has 2 aromatic carbocycles. The molecule has 5 nitrogen and oxygen atoms in total. The van der Waals surface area contributed by atoms with Crippen LogP contribution >= 0.6 is 0 Å². The molecular formula is C33H36FNO4. The fourth-order valence-electron chi connectivity index (χ4n) is 5.89. The third-order valence-corrected chi connectivity index (χ3v) is 7.45. The molecule has 2 atom stereocenters. The zero-order chi connectivity index (χ0) is 27.7. The van der Waals surface area contributed by atoms with E-state index in [0.717, 1.165) is 52.9 Å². The monoisotopic (exact) mass is 529 g/mol. The van der Waals surface area contributed by atoms with Gasteiger partial charge in [-0.1, -0.05) is 62.4 Å². The van der Waals surface area contributed by atoms with Crippen LogP contribution in [0.5, 0.6) is 0 Å². The van der Waals surface area contributed by atoms with Crippen LogP contribution in [0.1, 0.15) is 75.3 Å². The standard InChI is InChI=1S/C33H36FNO4/c1-20(2)31-28(17-16-24-18-25(19-29(36)37)39-33(3,4)38-24)30(22-12-14-23(34)15-13-22)27-11-7-9-21-8-5-6-10-26(21)32(27)35-31/h5-6,8,10,12-17,20,24-25H,7,9,11,18-19H2,1-4H3,(H,36,37)/b17-16+/t24-,25-/m1/s1. The van der Waals surface area contributed by atoms with Crippen LogP contribution in [0.25, 0.3) is 28.5 Å². The van der Waals surface area contributed by atoms with Crippen LogP contribution in [-0.2, 0) is 27.1 Å². The topological polar surface area (TPSA) is 68.7 Å². The maximum Gasteiger partial charge on any atom is 0.305 e. The number of hydrogen-bond donors (Lipinski definition) is 1. The van der Waals surface area contributed by atoms with E-state index >= 15 is 0 Å². The highest BCUT2D eigenvalue weighted by Crippen LogP contribution is 2.42. The molecule has 0 amide bonds. The van der Waals surface area contributed by atoms with Crippen molar-refractivity contribution < 1.29 is 23.8 Å². The first kappa shape index (κ1) is 27.2. The van der Waals surface area contributed by atoms with Gasteiger partial charge >= 0.3 is 5.97 Å². The fraction of sp³-hybridized carbons (Fsp3) is 0.394. The summed E-state index contributed by atoms with van der Waals surface area (Å²) in [5.41, 5.74) is 8.64. The van der Waals surface area contributed by atoms with E-state index in [-0.39, 0.29) is 24.3 Å². The number of aliphatic carboxylic acids is 1. The summed E-state index contributed by atoms with van der Waals surface area (Å²) in [4.78, 5) is 16.7. The molecule has 6 heteroatoms. The molecule has 2 aliphatic rings. The second-order valence-electron chi connectivity index (χ2n) is 11.3. The average molecular weight is 530 g/mol. The predicted octanol–water partition coefficient (Wildman–Crippen LogP) is 7.56. The summed E-state index contributed by atoms with van der Waals surface area (Å²) in [6.45, 7) is 7.90. The lowest BCUT2D eigenvalue weighted by Gasteiger charge is -2.39. The van der Waals surface area contributed by atoms with Crippen molar-refractivity contribution in [1.29, 1.82) is 0 Å². The molecule has 0 radical (unpaired) electrons.